The molecule has 1 saturated heterocycles. The molecule has 0 aliphatic carbocycles. The minimum Gasteiger partial charge on any atom is -0.480 e. The van der Waals surface area contributed by atoms with Crippen LogP contribution < -0.4 is 0 Å². The van der Waals surface area contributed by atoms with E-state index in [0.29, 0.717) is 6.54 Å². The SMILES string of the molecule is C[C@@H]1CN(C(=O)OCc2ccccc2)[C@@H]1C(=O)O. The Morgan fingerprint density at radius 3 is 2.61 bits per heavy atom. The average molecular weight is 249 g/mol. The first kappa shape index (κ1) is 12.4. The Morgan fingerprint density at radius 2 is 2.06 bits per heavy atom. The van der Waals surface area contributed by atoms with Crippen molar-refractivity contribution < 1.29 is 19.4 Å². The van der Waals surface area contributed by atoms with Crippen LogP contribution in [0.15, 0.2) is 30.3 Å². The molecule has 2 rings (SSSR count). The first-order valence-corrected chi connectivity index (χ1v) is 5.79. The second-order valence-electron chi connectivity index (χ2n) is 4.45. The number of carbonyl (C=O) groups is 2. The molecule has 1 amide bonds. The molecular formula is C13H15NO4. The van der Waals surface area contributed by atoms with Gasteiger partial charge in [-0.1, -0.05) is 37.3 Å². The summed E-state index contributed by atoms with van der Waals surface area (Å²) in [5.74, 6) is -1.00. The molecule has 0 saturated carbocycles. The summed E-state index contributed by atoms with van der Waals surface area (Å²) in [6.45, 7) is 2.40. The van der Waals surface area contributed by atoms with Crippen molar-refractivity contribution in [3.05, 3.63) is 35.9 Å². The van der Waals surface area contributed by atoms with E-state index < -0.39 is 18.1 Å². The van der Waals surface area contributed by atoms with Crippen molar-refractivity contribution in [2.24, 2.45) is 5.92 Å². The highest BCUT2D eigenvalue weighted by atomic mass is 16.6. The number of carbonyl (C=O) groups excluding carboxylic acids is 1. The number of carboxylic acids is 1. The lowest BCUT2D eigenvalue weighted by Gasteiger charge is -2.42. The summed E-state index contributed by atoms with van der Waals surface area (Å²) in [7, 11) is 0. The number of carboxylic acid groups (broad SMARTS) is 1. The smallest absolute Gasteiger partial charge is 0.410 e. The van der Waals surface area contributed by atoms with Crippen LogP contribution >= 0.6 is 0 Å². The third-order valence-electron chi connectivity index (χ3n) is 3.05. The van der Waals surface area contributed by atoms with Crippen molar-refractivity contribution in [2.75, 3.05) is 6.54 Å². The number of benzene rings is 1. The molecule has 96 valence electrons. The van der Waals surface area contributed by atoms with Crippen LogP contribution in [0.4, 0.5) is 4.79 Å². The highest BCUT2D eigenvalue weighted by molar-refractivity contribution is 5.82. The van der Waals surface area contributed by atoms with Gasteiger partial charge in [0.2, 0.25) is 0 Å². The van der Waals surface area contributed by atoms with Gasteiger partial charge < -0.3 is 9.84 Å². The van der Waals surface area contributed by atoms with Crippen molar-refractivity contribution >= 4 is 12.1 Å². The molecule has 1 aromatic rings. The van der Waals surface area contributed by atoms with Crippen LogP contribution in [0.2, 0.25) is 0 Å². The van der Waals surface area contributed by atoms with Gasteiger partial charge in [-0.3, -0.25) is 4.90 Å². The largest absolute Gasteiger partial charge is 0.480 e. The number of amides is 1. The van der Waals surface area contributed by atoms with Crippen molar-refractivity contribution in [3.63, 3.8) is 0 Å². The van der Waals surface area contributed by atoms with Gasteiger partial charge in [0.05, 0.1) is 0 Å². The summed E-state index contributed by atoms with van der Waals surface area (Å²) in [5, 5.41) is 8.96. The second-order valence-corrected chi connectivity index (χ2v) is 4.45. The molecular weight excluding hydrogens is 234 g/mol. The Hall–Kier alpha value is -2.04. The molecule has 0 spiro atoms. The summed E-state index contributed by atoms with van der Waals surface area (Å²) < 4.78 is 5.08. The van der Waals surface area contributed by atoms with E-state index >= 15 is 0 Å². The van der Waals surface area contributed by atoms with E-state index in [4.69, 9.17) is 9.84 Å². The summed E-state index contributed by atoms with van der Waals surface area (Å²) in [5.41, 5.74) is 0.881. The molecule has 5 heteroatoms. The Morgan fingerprint density at radius 1 is 1.39 bits per heavy atom. The van der Waals surface area contributed by atoms with Gasteiger partial charge in [-0.2, -0.15) is 0 Å². The molecule has 1 heterocycles. The van der Waals surface area contributed by atoms with Gasteiger partial charge in [-0.05, 0) is 5.56 Å². The quantitative estimate of drug-likeness (QED) is 0.885. The Balaban J connectivity index is 1.88. The zero-order valence-corrected chi connectivity index (χ0v) is 10.1. The fourth-order valence-electron chi connectivity index (χ4n) is 2.06. The van der Waals surface area contributed by atoms with Crippen LogP contribution in [0, 0.1) is 5.92 Å². The van der Waals surface area contributed by atoms with Crippen LogP contribution in [0.25, 0.3) is 0 Å². The number of hydrogen-bond acceptors (Lipinski definition) is 3. The molecule has 1 aromatic carbocycles. The summed E-state index contributed by atoms with van der Waals surface area (Å²) in [4.78, 5) is 23.9. The van der Waals surface area contributed by atoms with Gasteiger partial charge in [0.25, 0.3) is 0 Å². The van der Waals surface area contributed by atoms with Crippen LogP contribution in [-0.2, 0) is 16.1 Å². The third-order valence-corrected chi connectivity index (χ3v) is 3.05. The summed E-state index contributed by atoms with van der Waals surface area (Å²) in [6, 6.07) is 8.53. The van der Waals surface area contributed by atoms with Gasteiger partial charge in [0, 0.05) is 12.5 Å². The van der Waals surface area contributed by atoms with Gasteiger partial charge >= 0.3 is 12.1 Å². The maximum absolute atomic E-state index is 11.7. The number of nitrogens with zero attached hydrogens (tertiary/aromatic N) is 1. The van der Waals surface area contributed by atoms with Gasteiger partial charge in [-0.15, -0.1) is 0 Å². The minimum atomic E-state index is -0.981. The molecule has 1 fully saturated rings. The lowest BCUT2D eigenvalue weighted by molar-refractivity contribution is -0.150. The highest BCUT2D eigenvalue weighted by Crippen LogP contribution is 2.25. The first-order chi connectivity index (χ1) is 8.59. The molecule has 18 heavy (non-hydrogen) atoms. The predicted octanol–water partition coefficient (Wildman–Crippen LogP) is 1.73. The Kier molecular flexibility index (Phi) is 3.50. The molecule has 2 atom stereocenters. The third kappa shape index (κ3) is 2.45. The maximum atomic E-state index is 11.7. The van der Waals surface area contributed by atoms with E-state index in [1.54, 1.807) is 6.92 Å². The zero-order chi connectivity index (χ0) is 13.1. The Labute approximate surface area is 105 Å². The summed E-state index contributed by atoms with van der Waals surface area (Å²) in [6.07, 6.45) is -0.565. The van der Waals surface area contributed by atoms with E-state index in [-0.39, 0.29) is 12.5 Å². The zero-order valence-electron chi connectivity index (χ0n) is 10.1. The molecule has 5 nitrogen and oxygen atoms in total. The van der Waals surface area contributed by atoms with E-state index in [0.717, 1.165) is 5.56 Å². The van der Waals surface area contributed by atoms with Crippen LogP contribution in [0.5, 0.6) is 0 Å². The molecule has 0 aromatic heterocycles. The molecule has 0 bridgehead atoms. The van der Waals surface area contributed by atoms with Crippen LogP contribution in [0.3, 0.4) is 0 Å². The van der Waals surface area contributed by atoms with Gasteiger partial charge in [0.1, 0.15) is 12.6 Å². The normalized spacial score (nSPS) is 22.2. The van der Waals surface area contributed by atoms with Crippen LogP contribution in [-0.4, -0.2) is 34.7 Å². The molecule has 1 aliphatic heterocycles. The van der Waals surface area contributed by atoms with Crippen LogP contribution in [0.1, 0.15) is 12.5 Å². The fourth-order valence-corrected chi connectivity index (χ4v) is 2.06. The lowest BCUT2D eigenvalue weighted by Crippen LogP contribution is -2.61. The predicted molar refractivity (Wildman–Crippen MR) is 63.9 cm³/mol. The molecule has 1 N–H and O–H groups in total. The van der Waals surface area contributed by atoms with E-state index in [2.05, 4.69) is 0 Å². The van der Waals surface area contributed by atoms with Crippen molar-refractivity contribution in [2.45, 2.75) is 19.6 Å². The van der Waals surface area contributed by atoms with Gasteiger partial charge in [-0.25, -0.2) is 9.59 Å². The van der Waals surface area contributed by atoms with E-state index in [9.17, 15) is 9.59 Å². The number of rotatable bonds is 3. The van der Waals surface area contributed by atoms with Crippen molar-refractivity contribution in [1.82, 2.24) is 4.90 Å². The highest BCUT2D eigenvalue weighted by Gasteiger charge is 2.44. The van der Waals surface area contributed by atoms with Crippen molar-refractivity contribution in [1.29, 1.82) is 0 Å². The number of likely N-dealkylation sites (tertiary alicyclic amines) is 1. The lowest BCUT2D eigenvalue weighted by atomic mass is 9.91. The second kappa shape index (κ2) is 5.08. The monoisotopic (exact) mass is 249 g/mol. The van der Waals surface area contributed by atoms with E-state index in [1.807, 2.05) is 30.3 Å². The fraction of sp³-hybridized carbons (Fsp3) is 0.385. The molecule has 1 aliphatic rings. The van der Waals surface area contributed by atoms with E-state index in [1.165, 1.54) is 4.90 Å². The van der Waals surface area contributed by atoms with Gasteiger partial charge in [0.15, 0.2) is 0 Å². The molecule has 0 radical (unpaired) electrons. The minimum absolute atomic E-state index is 0.0215. The topological polar surface area (TPSA) is 66.8 Å². The number of aliphatic carboxylic acids is 1. The Bertz CT molecular complexity index is 446. The average Bonchev–Trinajstić information content (AvgIpc) is 2.33. The molecule has 0 unspecified atom stereocenters. The number of ether oxygens (including phenoxy) is 1. The maximum Gasteiger partial charge on any atom is 0.410 e. The van der Waals surface area contributed by atoms with Crippen molar-refractivity contribution in [3.8, 4) is 0 Å². The summed E-state index contributed by atoms with van der Waals surface area (Å²) >= 11 is 0. The standard InChI is InChI=1S/C13H15NO4/c1-9-7-14(11(9)12(15)16)13(17)18-8-10-5-3-2-4-6-10/h2-6,9,11H,7-8H2,1H3,(H,15,16)/t9-,11+/m1/s1. The first-order valence-electron chi connectivity index (χ1n) is 5.79. The number of hydrogen-bond donors (Lipinski definition) is 1.